The second kappa shape index (κ2) is 8.66. The number of nitrogens with one attached hydrogen (secondary N) is 2. The molecule has 4 nitrogen and oxygen atoms in total. The summed E-state index contributed by atoms with van der Waals surface area (Å²) in [5.74, 6) is 0.516. The van der Waals surface area contributed by atoms with Crippen LogP contribution in [0.25, 0.3) is 0 Å². The maximum Gasteiger partial charge on any atom is 0.251 e. The van der Waals surface area contributed by atoms with Crippen LogP contribution in [-0.2, 0) is 16.0 Å². The van der Waals surface area contributed by atoms with Gasteiger partial charge in [0.05, 0.1) is 5.94 Å². The molecular formula is C17H22N2O2S. The van der Waals surface area contributed by atoms with E-state index in [2.05, 4.69) is 29.3 Å². The summed E-state index contributed by atoms with van der Waals surface area (Å²) in [6.07, 6.45) is 3.03. The van der Waals surface area contributed by atoms with Crippen molar-refractivity contribution in [3.8, 4) is 0 Å². The standard InChI is InChI=1S/C17H22N2O2S/c1-3-8-14-15(11-13-9-6-5-7-10-13)18-17(19-16(14)20)22-12-21-4-2/h3,5-7,9-10,17-18H,1,4,8,11-12H2,2H3,(H,19,20). The van der Waals surface area contributed by atoms with Crippen molar-refractivity contribution in [3.05, 3.63) is 59.8 Å². The van der Waals surface area contributed by atoms with Crippen molar-refractivity contribution in [2.75, 3.05) is 12.5 Å². The van der Waals surface area contributed by atoms with Crippen LogP contribution in [0.1, 0.15) is 18.9 Å². The van der Waals surface area contributed by atoms with E-state index in [0.717, 1.165) is 11.3 Å². The molecule has 1 amide bonds. The van der Waals surface area contributed by atoms with Crippen molar-refractivity contribution in [3.63, 3.8) is 0 Å². The van der Waals surface area contributed by atoms with Crippen LogP contribution in [0.2, 0.25) is 0 Å². The fourth-order valence-electron chi connectivity index (χ4n) is 2.23. The van der Waals surface area contributed by atoms with Gasteiger partial charge in [-0.1, -0.05) is 48.2 Å². The number of carbonyl (C=O) groups excluding carboxylic acids is 1. The first-order valence-corrected chi connectivity index (χ1v) is 8.43. The Bertz CT molecular complexity index is 543. The molecule has 1 aromatic rings. The lowest BCUT2D eigenvalue weighted by atomic mass is 10.0. The third-order valence-corrected chi connectivity index (χ3v) is 4.17. The highest BCUT2D eigenvalue weighted by molar-refractivity contribution is 7.99. The molecule has 2 N–H and O–H groups in total. The van der Waals surface area contributed by atoms with E-state index in [9.17, 15) is 4.79 Å². The Morgan fingerprint density at radius 2 is 2.09 bits per heavy atom. The molecular weight excluding hydrogens is 296 g/mol. The first-order valence-electron chi connectivity index (χ1n) is 7.38. The number of hydrogen-bond acceptors (Lipinski definition) is 4. The third-order valence-electron chi connectivity index (χ3n) is 3.30. The highest BCUT2D eigenvalue weighted by atomic mass is 32.2. The Hall–Kier alpha value is -1.72. The fourth-order valence-corrected chi connectivity index (χ4v) is 3.04. The molecule has 0 saturated carbocycles. The van der Waals surface area contributed by atoms with Gasteiger partial charge in [-0.15, -0.1) is 6.58 Å². The normalized spacial score (nSPS) is 17.9. The van der Waals surface area contributed by atoms with Gasteiger partial charge >= 0.3 is 0 Å². The quantitative estimate of drug-likeness (QED) is 0.440. The van der Waals surface area contributed by atoms with Gasteiger partial charge in [-0.3, -0.25) is 4.79 Å². The van der Waals surface area contributed by atoms with Crippen LogP contribution in [0, 0.1) is 0 Å². The molecule has 1 unspecified atom stereocenters. The molecule has 0 radical (unpaired) electrons. The lowest BCUT2D eigenvalue weighted by Gasteiger charge is -2.29. The first kappa shape index (κ1) is 16.6. The number of carbonyl (C=O) groups is 1. The van der Waals surface area contributed by atoms with E-state index < -0.39 is 0 Å². The molecule has 1 aliphatic heterocycles. The number of ether oxygens (including phenoxy) is 1. The summed E-state index contributed by atoms with van der Waals surface area (Å²) in [5.41, 5.74) is 2.73. The van der Waals surface area contributed by atoms with Crippen LogP contribution in [0.5, 0.6) is 0 Å². The maximum atomic E-state index is 12.3. The van der Waals surface area contributed by atoms with Gasteiger partial charge in [0, 0.05) is 24.3 Å². The minimum atomic E-state index is -0.161. The largest absolute Gasteiger partial charge is 0.371 e. The zero-order valence-corrected chi connectivity index (χ0v) is 13.6. The fraction of sp³-hybridized carbons (Fsp3) is 0.353. The SMILES string of the molecule is C=CCC1=C(Cc2ccccc2)NC(SCOCC)NC1=O. The molecule has 0 spiro atoms. The van der Waals surface area contributed by atoms with Gasteiger partial charge in [-0.2, -0.15) is 0 Å². The van der Waals surface area contributed by atoms with Crippen molar-refractivity contribution in [1.82, 2.24) is 10.6 Å². The zero-order valence-electron chi connectivity index (χ0n) is 12.8. The maximum absolute atomic E-state index is 12.3. The van der Waals surface area contributed by atoms with Crippen LogP contribution in [0.4, 0.5) is 0 Å². The van der Waals surface area contributed by atoms with Gasteiger partial charge in [0.15, 0.2) is 0 Å². The molecule has 0 saturated heterocycles. The summed E-state index contributed by atoms with van der Waals surface area (Å²) < 4.78 is 5.34. The molecule has 22 heavy (non-hydrogen) atoms. The van der Waals surface area contributed by atoms with Crippen molar-refractivity contribution >= 4 is 17.7 Å². The second-order valence-corrected chi connectivity index (χ2v) is 5.93. The van der Waals surface area contributed by atoms with E-state index in [1.807, 2.05) is 25.1 Å². The number of amides is 1. The molecule has 1 aromatic carbocycles. The van der Waals surface area contributed by atoms with E-state index in [1.54, 1.807) is 6.08 Å². The Kier molecular flexibility index (Phi) is 6.55. The average molecular weight is 318 g/mol. The lowest BCUT2D eigenvalue weighted by Crippen LogP contribution is -2.49. The van der Waals surface area contributed by atoms with Crippen molar-refractivity contribution in [2.24, 2.45) is 0 Å². The number of benzene rings is 1. The summed E-state index contributed by atoms with van der Waals surface area (Å²) >= 11 is 1.53. The molecule has 118 valence electrons. The minimum Gasteiger partial charge on any atom is -0.371 e. The van der Waals surface area contributed by atoms with Gasteiger partial charge in [0.1, 0.15) is 5.50 Å². The summed E-state index contributed by atoms with van der Waals surface area (Å²) in [7, 11) is 0. The molecule has 1 aliphatic rings. The van der Waals surface area contributed by atoms with Gasteiger partial charge < -0.3 is 15.4 Å². The Labute approximate surface area is 136 Å². The molecule has 2 rings (SSSR count). The van der Waals surface area contributed by atoms with Crippen LogP contribution >= 0.6 is 11.8 Å². The van der Waals surface area contributed by atoms with E-state index in [1.165, 1.54) is 17.3 Å². The Balaban J connectivity index is 2.13. The van der Waals surface area contributed by atoms with Crippen molar-refractivity contribution in [1.29, 1.82) is 0 Å². The molecule has 0 fully saturated rings. The van der Waals surface area contributed by atoms with Gasteiger partial charge in [0.2, 0.25) is 0 Å². The number of allylic oxidation sites excluding steroid dienone is 2. The van der Waals surface area contributed by atoms with E-state index in [-0.39, 0.29) is 11.4 Å². The highest BCUT2D eigenvalue weighted by Crippen LogP contribution is 2.21. The Morgan fingerprint density at radius 1 is 1.32 bits per heavy atom. The Morgan fingerprint density at radius 3 is 2.77 bits per heavy atom. The third kappa shape index (κ3) is 4.64. The molecule has 1 heterocycles. The first-order chi connectivity index (χ1) is 10.7. The van der Waals surface area contributed by atoms with Gasteiger partial charge in [-0.05, 0) is 18.9 Å². The molecule has 0 aliphatic carbocycles. The minimum absolute atomic E-state index is 0.0291. The van der Waals surface area contributed by atoms with E-state index >= 15 is 0 Å². The zero-order chi connectivity index (χ0) is 15.8. The van der Waals surface area contributed by atoms with Crippen LogP contribution < -0.4 is 10.6 Å². The number of thioether (sulfide) groups is 1. The smallest absolute Gasteiger partial charge is 0.251 e. The van der Waals surface area contributed by atoms with Crippen molar-refractivity contribution < 1.29 is 9.53 Å². The monoisotopic (exact) mass is 318 g/mol. The number of hydrogen-bond donors (Lipinski definition) is 2. The van der Waals surface area contributed by atoms with E-state index in [4.69, 9.17) is 4.74 Å². The predicted molar refractivity (Wildman–Crippen MR) is 91.1 cm³/mol. The lowest BCUT2D eigenvalue weighted by molar-refractivity contribution is -0.118. The van der Waals surface area contributed by atoms with Crippen molar-refractivity contribution in [2.45, 2.75) is 25.3 Å². The summed E-state index contributed by atoms with van der Waals surface area (Å²) in [6.45, 7) is 6.37. The summed E-state index contributed by atoms with van der Waals surface area (Å²) in [4.78, 5) is 12.3. The summed E-state index contributed by atoms with van der Waals surface area (Å²) in [6, 6.07) is 10.1. The van der Waals surface area contributed by atoms with Crippen LogP contribution in [0.15, 0.2) is 54.3 Å². The molecule has 5 heteroatoms. The average Bonchev–Trinajstić information content (AvgIpc) is 2.52. The highest BCUT2D eigenvalue weighted by Gasteiger charge is 2.25. The molecule has 0 bridgehead atoms. The summed E-state index contributed by atoms with van der Waals surface area (Å²) in [5, 5.41) is 6.36. The molecule has 0 aromatic heterocycles. The van der Waals surface area contributed by atoms with Crippen LogP contribution in [-0.4, -0.2) is 24.0 Å². The van der Waals surface area contributed by atoms with Gasteiger partial charge in [0.25, 0.3) is 5.91 Å². The predicted octanol–water partition coefficient (Wildman–Crippen LogP) is 2.79. The second-order valence-electron chi connectivity index (χ2n) is 4.89. The topological polar surface area (TPSA) is 50.4 Å². The van der Waals surface area contributed by atoms with E-state index in [0.29, 0.717) is 25.4 Å². The van der Waals surface area contributed by atoms with Gasteiger partial charge in [-0.25, -0.2) is 0 Å². The molecule has 1 atom stereocenters. The van der Waals surface area contributed by atoms with Crippen LogP contribution in [0.3, 0.4) is 0 Å². The number of rotatable bonds is 8.